The number of furan rings is 1. The van der Waals surface area contributed by atoms with Gasteiger partial charge in [0.1, 0.15) is 11.2 Å². The maximum atomic E-state index is 6.56. The number of anilines is 3. The van der Waals surface area contributed by atoms with Crippen LogP contribution >= 0.6 is 0 Å². The highest BCUT2D eigenvalue weighted by Crippen LogP contribution is 2.40. The normalized spacial score (nSPS) is 11.2. The summed E-state index contributed by atoms with van der Waals surface area (Å²) in [6.07, 6.45) is 0. The van der Waals surface area contributed by atoms with Crippen LogP contribution in [0.3, 0.4) is 0 Å². The van der Waals surface area contributed by atoms with E-state index in [2.05, 4.69) is 150 Å². The van der Waals surface area contributed by atoms with Crippen LogP contribution in [0.5, 0.6) is 0 Å². The minimum atomic E-state index is 0.593. The molecule has 264 valence electrons. The fourth-order valence-electron chi connectivity index (χ4n) is 7.38. The first-order chi connectivity index (χ1) is 27.7. The first-order valence-electron chi connectivity index (χ1n) is 18.7. The van der Waals surface area contributed by atoms with Crippen LogP contribution in [0.25, 0.3) is 78.4 Å². The van der Waals surface area contributed by atoms with Gasteiger partial charge in [-0.3, -0.25) is 0 Å². The van der Waals surface area contributed by atoms with Crippen molar-refractivity contribution >= 4 is 39.0 Å². The quantitative estimate of drug-likeness (QED) is 0.157. The third-order valence-corrected chi connectivity index (χ3v) is 10.1. The van der Waals surface area contributed by atoms with Crippen LogP contribution in [-0.2, 0) is 0 Å². The summed E-state index contributed by atoms with van der Waals surface area (Å²) in [5.74, 6) is 1.82. The van der Waals surface area contributed by atoms with E-state index in [1.165, 1.54) is 0 Å². The van der Waals surface area contributed by atoms with E-state index < -0.39 is 0 Å². The van der Waals surface area contributed by atoms with Crippen molar-refractivity contribution < 1.29 is 4.42 Å². The maximum absolute atomic E-state index is 6.56. The van der Waals surface area contributed by atoms with E-state index in [4.69, 9.17) is 19.4 Å². The van der Waals surface area contributed by atoms with Crippen LogP contribution in [0.4, 0.5) is 17.1 Å². The van der Waals surface area contributed by atoms with E-state index in [9.17, 15) is 0 Å². The van der Waals surface area contributed by atoms with E-state index in [0.29, 0.717) is 17.5 Å². The Morgan fingerprint density at radius 2 is 0.768 bits per heavy atom. The average Bonchev–Trinajstić information content (AvgIpc) is 3.66. The molecular weight excluding hydrogens is 685 g/mol. The summed E-state index contributed by atoms with van der Waals surface area (Å²) >= 11 is 0. The van der Waals surface area contributed by atoms with Gasteiger partial charge in [0.25, 0.3) is 0 Å². The average molecular weight is 719 g/mol. The molecule has 0 saturated heterocycles. The van der Waals surface area contributed by atoms with Crippen molar-refractivity contribution in [3.05, 3.63) is 206 Å². The van der Waals surface area contributed by atoms with Crippen LogP contribution in [0.15, 0.2) is 211 Å². The van der Waals surface area contributed by atoms with Crippen molar-refractivity contribution in [3.8, 4) is 56.4 Å². The third kappa shape index (κ3) is 6.27. The van der Waals surface area contributed by atoms with E-state index in [-0.39, 0.29) is 0 Å². The van der Waals surface area contributed by atoms with Crippen LogP contribution in [0.1, 0.15) is 0 Å². The first kappa shape index (κ1) is 33.0. The Bertz CT molecular complexity index is 2890. The Balaban J connectivity index is 1.03. The van der Waals surface area contributed by atoms with Crippen molar-refractivity contribution in [1.29, 1.82) is 0 Å². The number of benzene rings is 8. The zero-order chi connectivity index (χ0) is 37.3. The van der Waals surface area contributed by atoms with Gasteiger partial charge in [-0.2, -0.15) is 0 Å². The molecule has 0 spiro atoms. The number of hydrogen-bond acceptors (Lipinski definition) is 5. The Hall–Kier alpha value is -7.63. The van der Waals surface area contributed by atoms with Gasteiger partial charge >= 0.3 is 0 Å². The Kier molecular flexibility index (Phi) is 8.43. The fourth-order valence-corrected chi connectivity index (χ4v) is 7.38. The van der Waals surface area contributed by atoms with Crippen LogP contribution in [-0.4, -0.2) is 15.0 Å². The largest absolute Gasteiger partial charge is 0.456 e. The summed E-state index contributed by atoms with van der Waals surface area (Å²) in [5, 5.41) is 1.98. The molecule has 0 atom stereocenters. The Morgan fingerprint density at radius 1 is 0.321 bits per heavy atom. The zero-order valence-corrected chi connectivity index (χ0v) is 30.3. The molecule has 8 aromatic carbocycles. The van der Waals surface area contributed by atoms with Crippen LogP contribution in [0, 0.1) is 0 Å². The molecular formula is C51H34N4O. The van der Waals surface area contributed by atoms with Crippen LogP contribution < -0.4 is 4.90 Å². The summed E-state index contributed by atoms with van der Waals surface area (Å²) in [6.45, 7) is 0. The topological polar surface area (TPSA) is 55.1 Å². The van der Waals surface area contributed by atoms with Gasteiger partial charge in [0.15, 0.2) is 17.5 Å². The second-order valence-corrected chi connectivity index (χ2v) is 13.7. The molecule has 0 fully saturated rings. The Morgan fingerprint density at radius 3 is 1.39 bits per heavy atom. The lowest BCUT2D eigenvalue weighted by molar-refractivity contribution is 0.669. The molecule has 56 heavy (non-hydrogen) atoms. The molecule has 5 nitrogen and oxygen atoms in total. The molecule has 0 amide bonds. The third-order valence-electron chi connectivity index (χ3n) is 10.1. The fraction of sp³-hybridized carbons (Fsp3) is 0. The number of para-hydroxylation sites is 2. The number of fused-ring (bicyclic) bond motifs is 3. The zero-order valence-electron chi connectivity index (χ0n) is 30.3. The summed E-state index contributed by atoms with van der Waals surface area (Å²) in [5.41, 5.74) is 12.1. The molecule has 0 N–H and O–H groups in total. The molecule has 0 unspecified atom stereocenters. The van der Waals surface area contributed by atoms with Gasteiger partial charge in [0, 0.05) is 44.5 Å². The summed E-state index contributed by atoms with van der Waals surface area (Å²) < 4.78 is 6.56. The molecule has 0 aliphatic heterocycles. The monoisotopic (exact) mass is 718 g/mol. The van der Waals surface area contributed by atoms with Gasteiger partial charge in [0.05, 0.1) is 0 Å². The lowest BCUT2D eigenvalue weighted by Crippen LogP contribution is -2.09. The standard InChI is InChI=1S/C51H34N4O/c1-5-14-35(15-6-1)36-24-26-39(27-25-36)50-52-49(38-16-7-2-8-17-38)53-51(54-50)45-22-13-23-46-48(45)44-33-30-40(34-47(44)56-46)37-28-31-43(32-29-37)55(41-18-9-3-10-19-41)42-20-11-4-12-21-42/h1-34H. The minimum Gasteiger partial charge on any atom is -0.456 e. The van der Waals surface area contributed by atoms with Gasteiger partial charge in [-0.15, -0.1) is 0 Å². The van der Waals surface area contributed by atoms with Gasteiger partial charge < -0.3 is 9.32 Å². The number of hydrogen-bond donors (Lipinski definition) is 0. The minimum absolute atomic E-state index is 0.593. The predicted octanol–water partition coefficient (Wildman–Crippen LogP) is 13.6. The first-order valence-corrected chi connectivity index (χ1v) is 18.7. The molecule has 2 aromatic heterocycles. The molecule has 0 aliphatic carbocycles. The van der Waals surface area contributed by atoms with E-state index in [1.54, 1.807) is 0 Å². The predicted molar refractivity (Wildman–Crippen MR) is 229 cm³/mol. The van der Waals surface area contributed by atoms with Crippen LogP contribution in [0.2, 0.25) is 0 Å². The number of rotatable bonds is 8. The highest BCUT2D eigenvalue weighted by atomic mass is 16.3. The summed E-state index contributed by atoms with van der Waals surface area (Å²) in [6, 6.07) is 71.0. The Labute approximate surface area is 324 Å². The van der Waals surface area contributed by atoms with Crippen molar-refractivity contribution in [3.63, 3.8) is 0 Å². The molecule has 0 radical (unpaired) electrons. The van der Waals surface area contributed by atoms with E-state index >= 15 is 0 Å². The number of nitrogens with zero attached hydrogens (tertiary/aromatic N) is 4. The molecule has 2 heterocycles. The lowest BCUT2D eigenvalue weighted by Gasteiger charge is -2.25. The second kappa shape index (κ2) is 14.3. The van der Waals surface area contributed by atoms with Crippen molar-refractivity contribution in [2.45, 2.75) is 0 Å². The molecule has 10 rings (SSSR count). The van der Waals surface area contributed by atoms with Gasteiger partial charge in [-0.1, -0.05) is 152 Å². The second-order valence-electron chi connectivity index (χ2n) is 13.7. The SMILES string of the molecule is c1ccc(-c2ccc(-c3nc(-c4ccccc4)nc(-c4cccc5oc6cc(-c7ccc(N(c8ccccc8)c8ccccc8)cc7)ccc6c45)n3)cc2)cc1. The van der Waals surface area contributed by atoms with Gasteiger partial charge in [-0.05, 0) is 76.9 Å². The molecule has 0 bridgehead atoms. The highest BCUT2D eigenvalue weighted by Gasteiger charge is 2.19. The molecule has 0 aliphatic rings. The molecule has 5 heteroatoms. The molecule has 0 saturated carbocycles. The van der Waals surface area contributed by atoms with Crippen molar-refractivity contribution in [2.24, 2.45) is 0 Å². The van der Waals surface area contributed by atoms with E-state index in [0.717, 1.165) is 77.9 Å². The van der Waals surface area contributed by atoms with Gasteiger partial charge in [-0.25, -0.2) is 15.0 Å². The summed E-state index contributed by atoms with van der Waals surface area (Å²) in [7, 11) is 0. The lowest BCUT2D eigenvalue weighted by atomic mass is 10.0. The maximum Gasteiger partial charge on any atom is 0.164 e. The van der Waals surface area contributed by atoms with E-state index in [1.807, 2.05) is 60.7 Å². The highest BCUT2D eigenvalue weighted by molar-refractivity contribution is 6.12. The smallest absolute Gasteiger partial charge is 0.164 e. The van der Waals surface area contributed by atoms with Gasteiger partial charge in [0.2, 0.25) is 0 Å². The van der Waals surface area contributed by atoms with Crippen molar-refractivity contribution in [1.82, 2.24) is 15.0 Å². The van der Waals surface area contributed by atoms with Crippen molar-refractivity contribution in [2.75, 3.05) is 4.90 Å². The number of aromatic nitrogens is 3. The summed E-state index contributed by atoms with van der Waals surface area (Å²) in [4.78, 5) is 17.4. The molecule has 10 aromatic rings.